The summed E-state index contributed by atoms with van der Waals surface area (Å²) in [5.74, 6) is 0. The molecule has 0 saturated heterocycles. The number of halogens is 1. The van der Waals surface area contributed by atoms with Crippen molar-refractivity contribution < 1.29 is 19.4 Å². The van der Waals surface area contributed by atoms with Crippen molar-refractivity contribution in [3.63, 3.8) is 0 Å². The highest BCUT2D eigenvalue weighted by Crippen LogP contribution is 2.21. The minimum absolute atomic E-state index is 0.143. The third-order valence-corrected chi connectivity index (χ3v) is 2.24. The van der Waals surface area contributed by atoms with E-state index < -0.39 is 18.3 Å². The molecule has 0 bridgehead atoms. The van der Waals surface area contributed by atoms with Crippen molar-refractivity contribution in [3.8, 4) is 0 Å². The molecular formula is C10H11ClN2O4. The van der Waals surface area contributed by atoms with Crippen LogP contribution < -0.4 is 11.1 Å². The molecule has 0 spiro atoms. The molecule has 0 aliphatic carbocycles. The summed E-state index contributed by atoms with van der Waals surface area (Å²) in [5, 5.41) is 12.3. The lowest BCUT2D eigenvalue weighted by atomic mass is 10.1. The largest absolute Gasteiger partial charge is 0.416 e. The van der Waals surface area contributed by atoms with Crippen LogP contribution in [0.15, 0.2) is 24.3 Å². The van der Waals surface area contributed by atoms with Gasteiger partial charge in [0.1, 0.15) is 0 Å². The molecule has 0 fully saturated rings. The van der Waals surface area contributed by atoms with E-state index in [-0.39, 0.29) is 6.54 Å². The summed E-state index contributed by atoms with van der Waals surface area (Å²) < 4.78 is 4.01. The summed E-state index contributed by atoms with van der Waals surface area (Å²) in [7, 11) is 0. The van der Waals surface area contributed by atoms with Crippen molar-refractivity contribution in [1.29, 1.82) is 0 Å². The zero-order valence-corrected chi connectivity index (χ0v) is 9.48. The van der Waals surface area contributed by atoms with Gasteiger partial charge in [-0.05, 0) is 6.07 Å². The molecule has 6 nitrogen and oxygen atoms in total. The van der Waals surface area contributed by atoms with Gasteiger partial charge in [-0.2, -0.15) is 0 Å². The summed E-state index contributed by atoms with van der Waals surface area (Å²) in [5.41, 5.74) is 5.10. The maximum Gasteiger partial charge on any atom is 0.416 e. The van der Waals surface area contributed by atoms with Crippen LogP contribution in [0.3, 0.4) is 0 Å². The van der Waals surface area contributed by atoms with Crippen LogP contribution in [0, 0.1) is 0 Å². The highest BCUT2D eigenvalue weighted by Gasteiger charge is 2.13. The van der Waals surface area contributed by atoms with Gasteiger partial charge in [0.25, 0.3) is 0 Å². The van der Waals surface area contributed by atoms with E-state index in [0.717, 1.165) is 0 Å². The molecule has 7 heteroatoms. The lowest BCUT2D eigenvalue weighted by Crippen LogP contribution is -2.32. The van der Waals surface area contributed by atoms with Crippen LogP contribution in [0.2, 0.25) is 5.02 Å². The van der Waals surface area contributed by atoms with Gasteiger partial charge in [0.05, 0.1) is 12.6 Å². The van der Waals surface area contributed by atoms with Crippen LogP contribution in [-0.4, -0.2) is 23.8 Å². The number of aliphatic hydroxyl groups is 1. The fraction of sp³-hybridized carbons (Fsp3) is 0.200. The number of ether oxygens (including phenoxy) is 1. The number of alkyl carbamates (subject to hydrolysis) is 1. The zero-order chi connectivity index (χ0) is 12.8. The van der Waals surface area contributed by atoms with E-state index in [2.05, 4.69) is 15.8 Å². The van der Waals surface area contributed by atoms with Crippen LogP contribution in [-0.2, 0) is 4.74 Å². The van der Waals surface area contributed by atoms with Gasteiger partial charge in [0.2, 0.25) is 0 Å². The van der Waals surface area contributed by atoms with E-state index in [9.17, 15) is 14.7 Å². The predicted octanol–water partition coefficient (Wildman–Crippen LogP) is 1.18. The van der Waals surface area contributed by atoms with Crippen LogP contribution in [0.4, 0.5) is 9.59 Å². The van der Waals surface area contributed by atoms with E-state index in [1.54, 1.807) is 24.3 Å². The Hall–Kier alpha value is -1.79. The summed E-state index contributed by atoms with van der Waals surface area (Å²) in [4.78, 5) is 21.1. The molecule has 4 N–H and O–H groups in total. The normalized spacial score (nSPS) is 11.6. The summed E-state index contributed by atoms with van der Waals surface area (Å²) >= 11 is 5.84. The number of rotatable bonds is 3. The monoisotopic (exact) mass is 258 g/mol. The molecule has 0 radical (unpaired) electrons. The first-order valence-corrected chi connectivity index (χ1v) is 5.06. The number of primary amides is 1. The fourth-order valence-electron chi connectivity index (χ4n) is 1.16. The standard InChI is InChI=1S/C10H11ClN2O4/c11-7-4-2-1-3-6(7)8(14)5-13-10(16)17-9(12)15/h1-4,8,14H,5H2,(H2,12,15)(H,13,16). The number of carbonyl (C=O) groups is 2. The minimum Gasteiger partial charge on any atom is -0.387 e. The van der Waals surface area contributed by atoms with Crippen LogP contribution in [0.1, 0.15) is 11.7 Å². The third-order valence-electron chi connectivity index (χ3n) is 1.90. The second-order valence-electron chi connectivity index (χ2n) is 3.13. The Kier molecular flexibility index (Phi) is 4.74. The number of hydrogen-bond donors (Lipinski definition) is 3. The third kappa shape index (κ3) is 4.29. The maximum absolute atomic E-state index is 10.9. The van der Waals surface area contributed by atoms with Crippen molar-refractivity contribution in [2.45, 2.75) is 6.10 Å². The number of hydrogen-bond acceptors (Lipinski definition) is 4. The molecule has 92 valence electrons. The molecule has 1 aromatic rings. The fourth-order valence-corrected chi connectivity index (χ4v) is 1.42. The Morgan fingerprint density at radius 1 is 1.47 bits per heavy atom. The SMILES string of the molecule is NC(=O)OC(=O)NCC(O)c1ccccc1Cl. The van der Waals surface area contributed by atoms with Crippen molar-refractivity contribution >= 4 is 23.8 Å². The van der Waals surface area contributed by atoms with E-state index in [4.69, 9.17) is 11.6 Å². The molecule has 0 aliphatic heterocycles. The first-order valence-electron chi connectivity index (χ1n) is 4.68. The van der Waals surface area contributed by atoms with E-state index >= 15 is 0 Å². The van der Waals surface area contributed by atoms with Gasteiger partial charge >= 0.3 is 12.2 Å². The quantitative estimate of drug-likeness (QED) is 0.709. The summed E-state index contributed by atoms with van der Waals surface area (Å²) in [6.45, 7) is -0.143. The number of amides is 2. The second-order valence-corrected chi connectivity index (χ2v) is 3.53. The predicted molar refractivity (Wildman–Crippen MR) is 60.5 cm³/mol. The van der Waals surface area contributed by atoms with Gasteiger partial charge < -0.3 is 20.9 Å². The average molecular weight is 259 g/mol. The zero-order valence-electron chi connectivity index (χ0n) is 8.72. The number of nitrogens with two attached hydrogens (primary N) is 1. The van der Waals surface area contributed by atoms with Crippen LogP contribution >= 0.6 is 11.6 Å². The number of nitrogens with one attached hydrogen (secondary N) is 1. The van der Waals surface area contributed by atoms with Gasteiger partial charge in [0.15, 0.2) is 0 Å². The van der Waals surface area contributed by atoms with Gasteiger partial charge in [-0.15, -0.1) is 0 Å². The number of carbonyl (C=O) groups excluding carboxylic acids is 2. The Labute approximate surface area is 102 Å². The molecule has 1 rings (SSSR count). The van der Waals surface area contributed by atoms with E-state index in [0.29, 0.717) is 10.6 Å². The molecule has 0 aliphatic rings. The highest BCUT2D eigenvalue weighted by molar-refractivity contribution is 6.31. The van der Waals surface area contributed by atoms with Crippen LogP contribution in [0.5, 0.6) is 0 Å². The lowest BCUT2D eigenvalue weighted by Gasteiger charge is -2.12. The maximum atomic E-state index is 10.9. The molecular weight excluding hydrogens is 248 g/mol. The minimum atomic E-state index is -1.21. The van der Waals surface area contributed by atoms with E-state index in [1.165, 1.54) is 0 Å². The second kappa shape index (κ2) is 6.07. The Morgan fingerprint density at radius 2 is 2.12 bits per heavy atom. The van der Waals surface area contributed by atoms with Crippen molar-refractivity contribution in [2.75, 3.05) is 6.54 Å². The average Bonchev–Trinajstić information content (AvgIpc) is 2.25. The Bertz CT molecular complexity index is 425. The molecule has 17 heavy (non-hydrogen) atoms. The summed E-state index contributed by atoms with van der Waals surface area (Å²) in [6, 6.07) is 6.65. The van der Waals surface area contributed by atoms with Gasteiger partial charge in [-0.25, -0.2) is 9.59 Å². The van der Waals surface area contributed by atoms with Gasteiger partial charge in [-0.3, -0.25) is 0 Å². The van der Waals surface area contributed by atoms with Crippen LogP contribution in [0.25, 0.3) is 0 Å². The van der Waals surface area contributed by atoms with Crippen molar-refractivity contribution in [1.82, 2.24) is 5.32 Å². The summed E-state index contributed by atoms with van der Waals surface area (Å²) in [6.07, 6.45) is -3.23. The molecule has 1 atom stereocenters. The Balaban J connectivity index is 2.50. The molecule has 0 saturated carbocycles. The number of aliphatic hydroxyl groups excluding tert-OH is 1. The number of benzene rings is 1. The van der Waals surface area contributed by atoms with Gasteiger partial charge in [0, 0.05) is 10.6 Å². The highest BCUT2D eigenvalue weighted by atomic mass is 35.5. The first-order chi connectivity index (χ1) is 8.00. The Morgan fingerprint density at radius 3 is 2.71 bits per heavy atom. The van der Waals surface area contributed by atoms with E-state index in [1.807, 2.05) is 0 Å². The molecule has 0 aromatic heterocycles. The molecule has 1 unspecified atom stereocenters. The van der Waals surface area contributed by atoms with Crippen molar-refractivity contribution in [3.05, 3.63) is 34.9 Å². The topological polar surface area (TPSA) is 102 Å². The first kappa shape index (κ1) is 13.3. The molecule has 2 amide bonds. The van der Waals surface area contributed by atoms with Crippen molar-refractivity contribution in [2.24, 2.45) is 5.73 Å². The van der Waals surface area contributed by atoms with Gasteiger partial charge in [-0.1, -0.05) is 29.8 Å². The smallest absolute Gasteiger partial charge is 0.387 e. The molecule has 0 heterocycles. The molecule has 1 aromatic carbocycles. The lowest BCUT2D eigenvalue weighted by molar-refractivity contribution is 0.142.